The van der Waals surface area contributed by atoms with E-state index in [0.717, 1.165) is 48.9 Å². The number of fused-ring (bicyclic) bond motifs is 1. The van der Waals surface area contributed by atoms with Crippen LogP contribution in [0.15, 0.2) is 36.7 Å². The highest BCUT2D eigenvalue weighted by molar-refractivity contribution is 5.98. The molecule has 28 heavy (non-hydrogen) atoms. The van der Waals surface area contributed by atoms with E-state index in [2.05, 4.69) is 21.5 Å². The molecule has 0 atom stereocenters. The first-order valence-electron chi connectivity index (χ1n) is 10.6. The van der Waals surface area contributed by atoms with Gasteiger partial charge in [0, 0.05) is 60.1 Å². The van der Waals surface area contributed by atoms with E-state index in [9.17, 15) is 4.79 Å². The van der Waals surface area contributed by atoms with E-state index >= 15 is 0 Å². The number of benzene rings is 1. The number of hydrogen-bond acceptors (Lipinski definition) is 2. The Labute approximate surface area is 165 Å². The number of carbonyl (C=O) groups excluding carboxylic acids is 1. The van der Waals surface area contributed by atoms with Gasteiger partial charge in [0.2, 0.25) is 0 Å². The topological polar surface area (TPSA) is 53.9 Å². The highest BCUT2D eigenvalue weighted by Gasteiger charge is 2.29. The second-order valence-electron chi connectivity index (χ2n) is 8.49. The molecule has 1 aliphatic carbocycles. The molecular weight excluding hydrogens is 348 g/mol. The molecule has 0 radical (unpaired) electrons. The number of hydrogen-bond donors (Lipinski definition) is 1. The maximum Gasteiger partial charge on any atom is 0.253 e. The van der Waals surface area contributed by atoms with Gasteiger partial charge in [0.1, 0.15) is 5.82 Å². The van der Waals surface area contributed by atoms with Crippen LogP contribution in [0.2, 0.25) is 0 Å². The molecule has 0 unspecified atom stereocenters. The van der Waals surface area contributed by atoms with Crippen molar-refractivity contribution in [1.29, 1.82) is 0 Å². The fourth-order valence-electron chi connectivity index (χ4n) is 4.54. The van der Waals surface area contributed by atoms with Gasteiger partial charge in [-0.05, 0) is 69.2 Å². The number of nitrogens with one attached hydrogen (secondary N) is 1. The molecule has 2 aliphatic rings. The molecule has 0 bridgehead atoms. The molecule has 1 amide bonds. The third-order valence-electron chi connectivity index (χ3n) is 6.49. The number of amides is 1. The molecule has 1 aromatic carbocycles. The zero-order valence-corrected chi connectivity index (χ0v) is 16.5. The van der Waals surface area contributed by atoms with Gasteiger partial charge in [0.05, 0.1) is 0 Å². The Hall–Kier alpha value is -2.56. The van der Waals surface area contributed by atoms with E-state index in [4.69, 9.17) is 0 Å². The van der Waals surface area contributed by atoms with Crippen molar-refractivity contribution in [3.05, 3.63) is 53.7 Å². The lowest BCUT2D eigenvalue weighted by molar-refractivity contribution is 0.0685. The molecule has 146 valence electrons. The van der Waals surface area contributed by atoms with E-state index < -0.39 is 0 Å². The summed E-state index contributed by atoms with van der Waals surface area (Å²) in [6, 6.07) is 7.96. The standard InChI is InChI=1S/C23H28N4O/c1-16-15-25-22(18-2-3-18)27(16)13-9-17-7-11-26(12-8-17)23(28)20-4-5-21-19(14-20)6-10-24-21/h4-6,10,14-15,17-18,24H,2-3,7-9,11-13H2,1H3. The molecule has 1 saturated heterocycles. The zero-order valence-electron chi connectivity index (χ0n) is 16.5. The van der Waals surface area contributed by atoms with Gasteiger partial charge >= 0.3 is 0 Å². The van der Waals surface area contributed by atoms with Gasteiger partial charge < -0.3 is 14.5 Å². The molecule has 1 N–H and O–H groups in total. The number of imidazole rings is 1. The molecule has 0 spiro atoms. The largest absolute Gasteiger partial charge is 0.361 e. The smallest absolute Gasteiger partial charge is 0.253 e. The summed E-state index contributed by atoms with van der Waals surface area (Å²) in [4.78, 5) is 22.7. The average Bonchev–Trinajstić information content (AvgIpc) is 3.34. The fraction of sp³-hybridized carbons (Fsp3) is 0.478. The van der Waals surface area contributed by atoms with Crippen molar-refractivity contribution in [1.82, 2.24) is 19.4 Å². The van der Waals surface area contributed by atoms with Crippen molar-refractivity contribution in [3.63, 3.8) is 0 Å². The quantitative estimate of drug-likeness (QED) is 0.713. The summed E-state index contributed by atoms with van der Waals surface area (Å²) >= 11 is 0. The number of likely N-dealkylation sites (tertiary alicyclic amines) is 1. The third-order valence-corrected chi connectivity index (χ3v) is 6.49. The normalized spacial score (nSPS) is 18.1. The Morgan fingerprint density at radius 2 is 2.00 bits per heavy atom. The summed E-state index contributed by atoms with van der Waals surface area (Å²) in [6.45, 7) is 4.97. The number of rotatable bonds is 5. The van der Waals surface area contributed by atoms with Crippen molar-refractivity contribution >= 4 is 16.8 Å². The lowest BCUT2D eigenvalue weighted by Gasteiger charge is -2.32. The molecule has 3 heterocycles. The molecule has 1 saturated carbocycles. The van der Waals surface area contributed by atoms with Gasteiger partial charge in [0.25, 0.3) is 5.91 Å². The molecule has 5 heteroatoms. The number of aromatic nitrogens is 3. The number of H-pyrrole nitrogens is 1. The SMILES string of the molecule is Cc1cnc(C2CC2)n1CCC1CCN(C(=O)c2ccc3[nH]ccc3c2)CC1. The first-order chi connectivity index (χ1) is 13.7. The molecular formula is C23H28N4O. The Kier molecular flexibility index (Phi) is 4.46. The number of aryl methyl sites for hydroxylation is 1. The van der Waals surface area contributed by atoms with Crippen LogP contribution in [0.3, 0.4) is 0 Å². The number of carbonyl (C=O) groups is 1. The predicted molar refractivity (Wildman–Crippen MR) is 110 cm³/mol. The van der Waals surface area contributed by atoms with Gasteiger partial charge in [-0.1, -0.05) is 0 Å². The van der Waals surface area contributed by atoms with Crippen LogP contribution in [-0.4, -0.2) is 38.4 Å². The van der Waals surface area contributed by atoms with E-state index in [1.54, 1.807) is 0 Å². The van der Waals surface area contributed by atoms with E-state index in [-0.39, 0.29) is 5.91 Å². The summed E-state index contributed by atoms with van der Waals surface area (Å²) in [6.07, 6.45) is 9.93. The summed E-state index contributed by atoms with van der Waals surface area (Å²) in [5.74, 6) is 2.86. The Morgan fingerprint density at radius 3 is 2.79 bits per heavy atom. The Bertz CT molecular complexity index is 989. The molecule has 5 nitrogen and oxygen atoms in total. The first-order valence-corrected chi connectivity index (χ1v) is 10.6. The van der Waals surface area contributed by atoms with Crippen LogP contribution >= 0.6 is 0 Å². The number of piperidine rings is 1. The van der Waals surface area contributed by atoms with Crippen molar-refractivity contribution in [2.45, 2.75) is 51.5 Å². The van der Waals surface area contributed by atoms with Crippen LogP contribution in [0.4, 0.5) is 0 Å². The third kappa shape index (κ3) is 3.34. The number of aromatic amines is 1. The Balaban J connectivity index is 1.17. The molecule has 1 aliphatic heterocycles. The molecule has 5 rings (SSSR count). The number of nitrogens with zero attached hydrogens (tertiary/aromatic N) is 3. The average molecular weight is 377 g/mol. The van der Waals surface area contributed by atoms with Gasteiger partial charge in [-0.15, -0.1) is 0 Å². The van der Waals surface area contributed by atoms with Crippen LogP contribution in [0, 0.1) is 12.8 Å². The fourth-order valence-corrected chi connectivity index (χ4v) is 4.54. The van der Waals surface area contributed by atoms with E-state index in [0.29, 0.717) is 11.8 Å². The minimum Gasteiger partial charge on any atom is -0.361 e. The van der Waals surface area contributed by atoms with Crippen LogP contribution in [-0.2, 0) is 6.54 Å². The van der Waals surface area contributed by atoms with E-state index in [1.807, 2.05) is 41.6 Å². The van der Waals surface area contributed by atoms with Crippen LogP contribution in [0.5, 0.6) is 0 Å². The van der Waals surface area contributed by atoms with E-state index in [1.165, 1.54) is 30.8 Å². The van der Waals surface area contributed by atoms with Gasteiger partial charge in [-0.25, -0.2) is 4.98 Å². The second-order valence-corrected chi connectivity index (χ2v) is 8.49. The van der Waals surface area contributed by atoms with Crippen molar-refractivity contribution in [2.75, 3.05) is 13.1 Å². The highest BCUT2D eigenvalue weighted by atomic mass is 16.2. The second kappa shape index (κ2) is 7.12. The van der Waals surface area contributed by atoms with Crippen LogP contribution in [0.1, 0.15) is 59.9 Å². The summed E-state index contributed by atoms with van der Waals surface area (Å²) < 4.78 is 2.43. The highest BCUT2D eigenvalue weighted by Crippen LogP contribution is 2.39. The van der Waals surface area contributed by atoms with Gasteiger partial charge in [0.15, 0.2) is 0 Å². The van der Waals surface area contributed by atoms with Crippen molar-refractivity contribution in [2.24, 2.45) is 5.92 Å². The van der Waals surface area contributed by atoms with Crippen molar-refractivity contribution < 1.29 is 4.79 Å². The lowest BCUT2D eigenvalue weighted by atomic mass is 9.93. The van der Waals surface area contributed by atoms with Crippen LogP contribution < -0.4 is 0 Å². The zero-order chi connectivity index (χ0) is 19.1. The first kappa shape index (κ1) is 17.5. The van der Waals surface area contributed by atoms with Gasteiger partial charge in [-0.3, -0.25) is 4.79 Å². The summed E-state index contributed by atoms with van der Waals surface area (Å²) in [5.41, 5.74) is 3.17. The van der Waals surface area contributed by atoms with Crippen LogP contribution in [0.25, 0.3) is 10.9 Å². The van der Waals surface area contributed by atoms with Crippen molar-refractivity contribution in [3.8, 4) is 0 Å². The predicted octanol–water partition coefficient (Wildman–Crippen LogP) is 4.49. The maximum absolute atomic E-state index is 12.9. The monoisotopic (exact) mass is 376 g/mol. The minimum atomic E-state index is 0.169. The molecule has 3 aromatic rings. The summed E-state index contributed by atoms with van der Waals surface area (Å²) in [5, 5.41) is 1.10. The lowest BCUT2D eigenvalue weighted by Crippen LogP contribution is -2.38. The molecule has 2 aromatic heterocycles. The van der Waals surface area contributed by atoms with Gasteiger partial charge in [-0.2, -0.15) is 0 Å². The molecule has 2 fully saturated rings. The summed E-state index contributed by atoms with van der Waals surface area (Å²) in [7, 11) is 0. The Morgan fingerprint density at radius 1 is 1.18 bits per heavy atom. The maximum atomic E-state index is 12.9. The minimum absolute atomic E-state index is 0.169.